The summed E-state index contributed by atoms with van der Waals surface area (Å²) in [5.74, 6) is -0.823. The van der Waals surface area contributed by atoms with Crippen molar-refractivity contribution in [1.82, 2.24) is 9.88 Å². The van der Waals surface area contributed by atoms with Crippen molar-refractivity contribution in [3.8, 4) is 0 Å². The molecule has 2 rings (SSSR count). The van der Waals surface area contributed by atoms with Gasteiger partial charge >= 0.3 is 5.97 Å². The molecule has 6 heteroatoms. The molecule has 0 bridgehead atoms. The molecule has 1 aliphatic rings. The molecule has 1 aliphatic heterocycles. The molecular formula is C12H19N3O2S. The Hall–Kier alpha value is -1.14. The fraction of sp³-hybridized carbons (Fsp3) is 0.667. The lowest BCUT2D eigenvalue weighted by Gasteiger charge is -2.35. The monoisotopic (exact) mass is 269 g/mol. The predicted molar refractivity (Wildman–Crippen MR) is 72.4 cm³/mol. The van der Waals surface area contributed by atoms with E-state index in [0.29, 0.717) is 11.7 Å². The van der Waals surface area contributed by atoms with E-state index in [1.807, 2.05) is 5.38 Å². The Morgan fingerprint density at radius 3 is 3.11 bits per heavy atom. The van der Waals surface area contributed by atoms with Gasteiger partial charge in [0.25, 0.3) is 0 Å². The summed E-state index contributed by atoms with van der Waals surface area (Å²) < 4.78 is 0. The molecule has 0 aliphatic carbocycles. The van der Waals surface area contributed by atoms with Gasteiger partial charge in [0.1, 0.15) is 0 Å². The molecule has 1 aromatic rings. The number of carbonyl (C=O) groups is 1. The molecular weight excluding hydrogens is 250 g/mol. The first-order chi connectivity index (χ1) is 8.56. The Morgan fingerprint density at radius 2 is 2.44 bits per heavy atom. The zero-order valence-corrected chi connectivity index (χ0v) is 11.6. The van der Waals surface area contributed by atoms with Crippen molar-refractivity contribution in [3.63, 3.8) is 0 Å². The quantitative estimate of drug-likeness (QED) is 0.893. The summed E-state index contributed by atoms with van der Waals surface area (Å²) in [7, 11) is 4.21. The third kappa shape index (κ3) is 3.20. The van der Waals surface area contributed by atoms with E-state index < -0.39 is 5.97 Å². The van der Waals surface area contributed by atoms with Gasteiger partial charge in [0.15, 0.2) is 5.13 Å². The fourth-order valence-corrected chi connectivity index (χ4v) is 3.09. The van der Waals surface area contributed by atoms with Crippen LogP contribution in [0.4, 0.5) is 5.13 Å². The van der Waals surface area contributed by atoms with Gasteiger partial charge < -0.3 is 14.9 Å². The van der Waals surface area contributed by atoms with Crippen LogP contribution in [0.2, 0.25) is 0 Å². The topological polar surface area (TPSA) is 56.7 Å². The van der Waals surface area contributed by atoms with Crippen LogP contribution in [0.3, 0.4) is 0 Å². The van der Waals surface area contributed by atoms with Crippen LogP contribution in [-0.2, 0) is 11.2 Å². The van der Waals surface area contributed by atoms with Crippen LogP contribution in [0.1, 0.15) is 18.5 Å². The first-order valence-electron chi connectivity index (χ1n) is 6.14. The molecule has 18 heavy (non-hydrogen) atoms. The van der Waals surface area contributed by atoms with E-state index >= 15 is 0 Å². The average Bonchev–Trinajstić information content (AvgIpc) is 2.77. The third-order valence-corrected chi connectivity index (χ3v) is 4.22. The number of hydrogen-bond acceptors (Lipinski definition) is 5. The standard InChI is InChI=1S/C12H19N3O2S/c1-14(2)10-4-3-5-15(7-10)12-13-9(8-18-12)6-11(16)17/h8,10H,3-7H2,1-2H3,(H,16,17). The number of anilines is 1. The molecule has 1 aromatic heterocycles. The molecule has 0 amide bonds. The number of piperidine rings is 1. The first kappa shape index (κ1) is 13.3. The molecule has 0 aromatic carbocycles. The summed E-state index contributed by atoms with van der Waals surface area (Å²) >= 11 is 1.54. The zero-order chi connectivity index (χ0) is 13.1. The molecule has 1 atom stereocenters. The molecule has 1 fully saturated rings. The normalized spacial score (nSPS) is 20.4. The number of likely N-dealkylation sites (N-methyl/N-ethyl adjacent to an activating group) is 1. The average molecular weight is 269 g/mol. The SMILES string of the molecule is CN(C)C1CCCN(c2nc(CC(=O)O)cs2)C1. The maximum Gasteiger partial charge on any atom is 0.309 e. The first-order valence-corrected chi connectivity index (χ1v) is 7.02. The van der Waals surface area contributed by atoms with Gasteiger partial charge in [0.2, 0.25) is 0 Å². The van der Waals surface area contributed by atoms with Crippen molar-refractivity contribution in [2.45, 2.75) is 25.3 Å². The predicted octanol–water partition coefficient (Wildman–Crippen LogP) is 1.30. The minimum atomic E-state index is -0.823. The summed E-state index contributed by atoms with van der Waals surface area (Å²) in [4.78, 5) is 19.6. The summed E-state index contributed by atoms with van der Waals surface area (Å²) in [6.45, 7) is 2.00. The summed E-state index contributed by atoms with van der Waals surface area (Å²) in [6.07, 6.45) is 2.40. The summed E-state index contributed by atoms with van der Waals surface area (Å²) in [5, 5.41) is 11.6. The van der Waals surface area contributed by atoms with Crippen molar-refractivity contribution in [2.75, 3.05) is 32.1 Å². The Bertz CT molecular complexity index is 419. The lowest BCUT2D eigenvalue weighted by Crippen LogP contribution is -2.45. The largest absolute Gasteiger partial charge is 0.481 e. The van der Waals surface area contributed by atoms with Crippen molar-refractivity contribution in [3.05, 3.63) is 11.1 Å². The third-order valence-electron chi connectivity index (χ3n) is 3.27. The van der Waals surface area contributed by atoms with Crippen LogP contribution in [0.15, 0.2) is 5.38 Å². The lowest BCUT2D eigenvalue weighted by atomic mass is 10.1. The van der Waals surface area contributed by atoms with Crippen LogP contribution < -0.4 is 4.90 Å². The molecule has 0 spiro atoms. The molecule has 1 unspecified atom stereocenters. The van der Waals surface area contributed by atoms with Crippen LogP contribution in [0.25, 0.3) is 0 Å². The number of aliphatic carboxylic acids is 1. The number of hydrogen-bond donors (Lipinski definition) is 1. The van der Waals surface area contributed by atoms with Crippen LogP contribution in [0, 0.1) is 0 Å². The summed E-state index contributed by atoms with van der Waals surface area (Å²) in [5.41, 5.74) is 0.662. The molecule has 5 nitrogen and oxygen atoms in total. The number of carboxylic acids is 1. The molecule has 0 saturated carbocycles. The van der Waals surface area contributed by atoms with Gasteiger partial charge in [-0.3, -0.25) is 4.79 Å². The van der Waals surface area contributed by atoms with E-state index in [4.69, 9.17) is 5.11 Å². The summed E-state index contributed by atoms with van der Waals surface area (Å²) in [6, 6.07) is 0.561. The maximum atomic E-state index is 10.6. The van der Waals surface area contributed by atoms with E-state index in [2.05, 4.69) is 28.9 Å². The van der Waals surface area contributed by atoms with E-state index in [1.54, 1.807) is 11.3 Å². The highest BCUT2D eigenvalue weighted by molar-refractivity contribution is 7.13. The second-order valence-corrected chi connectivity index (χ2v) is 5.73. The molecule has 1 saturated heterocycles. The highest BCUT2D eigenvalue weighted by Crippen LogP contribution is 2.25. The Morgan fingerprint density at radius 1 is 1.67 bits per heavy atom. The van der Waals surface area contributed by atoms with Gasteiger partial charge in [-0.2, -0.15) is 0 Å². The second kappa shape index (κ2) is 5.67. The van der Waals surface area contributed by atoms with Gasteiger partial charge in [-0.25, -0.2) is 4.98 Å². The van der Waals surface area contributed by atoms with Crippen LogP contribution >= 0.6 is 11.3 Å². The Balaban J connectivity index is 2.02. The smallest absolute Gasteiger partial charge is 0.309 e. The van der Waals surface area contributed by atoms with Crippen molar-refractivity contribution in [2.24, 2.45) is 0 Å². The number of nitrogens with zero attached hydrogens (tertiary/aromatic N) is 3. The van der Waals surface area contributed by atoms with Crippen LogP contribution in [-0.4, -0.2) is 54.2 Å². The molecule has 100 valence electrons. The minimum absolute atomic E-state index is 0.0153. The van der Waals surface area contributed by atoms with Crippen molar-refractivity contribution in [1.29, 1.82) is 0 Å². The molecule has 0 radical (unpaired) electrons. The van der Waals surface area contributed by atoms with Crippen LogP contribution in [0.5, 0.6) is 0 Å². The van der Waals surface area contributed by atoms with E-state index in [0.717, 1.165) is 24.6 Å². The number of rotatable bonds is 4. The molecule has 2 heterocycles. The van der Waals surface area contributed by atoms with Gasteiger partial charge in [0.05, 0.1) is 12.1 Å². The van der Waals surface area contributed by atoms with Gasteiger partial charge in [0, 0.05) is 24.5 Å². The Kier molecular flexibility index (Phi) is 4.19. The van der Waals surface area contributed by atoms with Gasteiger partial charge in [-0.05, 0) is 26.9 Å². The fourth-order valence-electron chi connectivity index (χ4n) is 2.23. The van der Waals surface area contributed by atoms with Crippen molar-refractivity contribution < 1.29 is 9.90 Å². The second-order valence-electron chi connectivity index (χ2n) is 4.90. The molecule has 1 N–H and O–H groups in total. The number of thiazole rings is 1. The zero-order valence-electron chi connectivity index (χ0n) is 10.8. The lowest BCUT2D eigenvalue weighted by molar-refractivity contribution is -0.136. The highest BCUT2D eigenvalue weighted by Gasteiger charge is 2.23. The number of carboxylic acid groups (broad SMARTS) is 1. The van der Waals surface area contributed by atoms with E-state index in [9.17, 15) is 4.79 Å². The minimum Gasteiger partial charge on any atom is -0.481 e. The van der Waals surface area contributed by atoms with E-state index in [-0.39, 0.29) is 6.42 Å². The highest BCUT2D eigenvalue weighted by atomic mass is 32.1. The number of aromatic nitrogens is 1. The Labute approximate surface area is 111 Å². The van der Waals surface area contributed by atoms with Gasteiger partial charge in [-0.1, -0.05) is 0 Å². The van der Waals surface area contributed by atoms with E-state index in [1.165, 1.54) is 6.42 Å². The maximum absolute atomic E-state index is 10.6. The van der Waals surface area contributed by atoms with Gasteiger partial charge in [-0.15, -0.1) is 11.3 Å². The van der Waals surface area contributed by atoms with Crippen molar-refractivity contribution >= 4 is 22.4 Å².